The quantitative estimate of drug-likeness (QED) is 0.797. The molecule has 0 bridgehead atoms. The van der Waals surface area contributed by atoms with E-state index in [1.807, 2.05) is 0 Å². The molecule has 0 saturated heterocycles. The SMILES string of the molecule is C[Si](C)(C)C1=CC(NC2CCCCC2)n2c(nc3c(N)ncnc32)S1. The van der Waals surface area contributed by atoms with Gasteiger partial charge < -0.3 is 5.73 Å². The minimum Gasteiger partial charge on any atom is -0.382 e. The summed E-state index contributed by atoms with van der Waals surface area (Å²) in [5.74, 6) is 0.457. The van der Waals surface area contributed by atoms with Crippen molar-refractivity contribution in [3.63, 3.8) is 0 Å². The molecule has 2 aromatic heterocycles. The third-order valence-corrected chi connectivity index (χ3v) is 9.63. The molecule has 1 atom stereocenters. The molecule has 1 unspecified atom stereocenters. The van der Waals surface area contributed by atoms with Crippen LogP contribution in [-0.2, 0) is 0 Å². The molecule has 2 aliphatic rings. The van der Waals surface area contributed by atoms with E-state index in [-0.39, 0.29) is 6.17 Å². The second-order valence-corrected chi connectivity index (χ2v) is 14.4. The summed E-state index contributed by atoms with van der Waals surface area (Å²) < 4.78 is 3.67. The Hall–Kier alpha value is -1.38. The van der Waals surface area contributed by atoms with Gasteiger partial charge in [0.2, 0.25) is 0 Å². The Labute approximate surface area is 153 Å². The van der Waals surface area contributed by atoms with Crippen LogP contribution in [0.5, 0.6) is 0 Å². The highest BCUT2D eigenvalue weighted by atomic mass is 32.2. The first-order valence-corrected chi connectivity index (χ1v) is 13.4. The average molecular weight is 375 g/mol. The Balaban J connectivity index is 1.78. The van der Waals surface area contributed by atoms with E-state index in [0.29, 0.717) is 17.4 Å². The van der Waals surface area contributed by atoms with Gasteiger partial charge in [-0.25, -0.2) is 15.0 Å². The molecule has 3 N–H and O–H groups in total. The minimum atomic E-state index is -1.43. The maximum absolute atomic E-state index is 6.05. The smallest absolute Gasteiger partial charge is 0.176 e. The second kappa shape index (κ2) is 6.41. The summed E-state index contributed by atoms with van der Waals surface area (Å²) in [6, 6.07) is 0.561. The first-order valence-electron chi connectivity index (χ1n) is 9.08. The molecule has 2 aromatic rings. The third-order valence-electron chi connectivity index (χ3n) is 5.01. The zero-order chi connectivity index (χ0) is 17.6. The Morgan fingerprint density at radius 3 is 2.68 bits per heavy atom. The van der Waals surface area contributed by atoms with Crippen LogP contribution in [0.1, 0.15) is 38.3 Å². The lowest BCUT2D eigenvalue weighted by molar-refractivity contribution is 0.317. The molecule has 1 saturated carbocycles. The monoisotopic (exact) mass is 374 g/mol. The molecule has 25 heavy (non-hydrogen) atoms. The first-order chi connectivity index (χ1) is 11.9. The summed E-state index contributed by atoms with van der Waals surface area (Å²) in [4.78, 5) is 13.4. The molecule has 134 valence electrons. The normalized spacial score (nSPS) is 22.0. The number of nitrogen functional groups attached to an aromatic ring is 1. The van der Waals surface area contributed by atoms with Gasteiger partial charge in [-0.1, -0.05) is 50.7 Å². The fourth-order valence-electron chi connectivity index (χ4n) is 3.62. The molecule has 6 nitrogen and oxygen atoms in total. The van der Waals surface area contributed by atoms with Gasteiger partial charge in [0.15, 0.2) is 22.1 Å². The molecule has 8 heteroatoms. The van der Waals surface area contributed by atoms with Crippen molar-refractivity contribution < 1.29 is 0 Å². The summed E-state index contributed by atoms with van der Waals surface area (Å²) in [5.41, 5.74) is 7.59. The van der Waals surface area contributed by atoms with E-state index in [0.717, 1.165) is 10.8 Å². The van der Waals surface area contributed by atoms with E-state index in [4.69, 9.17) is 10.7 Å². The van der Waals surface area contributed by atoms with E-state index in [1.54, 1.807) is 11.8 Å². The number of nitrogens with one attached hydrogen (secondary N) is 1. The van der Waals surface area contributed by atoms with Crippen molar-refractivity contribution in [3.05, 3.63) is 16.9 Å². The van der Waals surface area contributed by atoms with Gasteiger partial charge in [0.05, 0.1) is 8.07 Å². The van der Waals surface area contributed by atoms with Crippen LogP contribution in [0.2, 0.25) is 19.6 Å². The molecular weight excluding hydrogens is 348 g/mol. The molecule has 0 radical (unpaired) electrons. The zero-order valence-corrected chi connectivity index (χ0v) is 16.9. The highest BCUT2D eigenvalue weighted by Gasteiger charge is 2.32. The van der Waals surface area contributed by atoms with Crippen LogP contribution in [0.25, 0.3) is 11.2 Å². The van der Waals surface area contributed by atoms with Crippen LogP contribution < -0.4 is 11.1 Å². The van der Waals surface area contributed by atoms with Gasteiger partial charge in [-0.05, 0) is 23.4 Å². The third kappa shape index (κ3) is 3.22. The van der Waals surface area contributed by atoms with Crippen molar-refractivity contribution in [1.29, 1.82) is 0 Å². The Kier molecular flexibility index (Phi) is 4.37. The van der Waals surface area contributed by atoms with E-state index >= 15 is 0 Å². The lowest BCUT2D eigenvalue weighted by Gasteiger charge is -2.33. The number of imidazole rings is 1. The van der Waals surface area contributed by atoms with E-state index in [1.165, 1.54) is 43.0 Å². The van der Waals surface area contributed by atoms with Crippen LogP contribution in [0.4, 0.5) is 5.82 Å². The topological polar surface area (TPSA) is 81.7 Å². The predicted octanol–water partition coefficient (Wildman–Crippen LogP) is 3.70. The maximum Gasteiger partial charge on any atom is 0.176 e. The molecular formula is C17H26N6SSi. The Morgan fingerprint density at radius 2 is 1.96 bits per heavy atom. The largest absolute Gasteiger partial charge is 0.382 e. The van der Waals surface area contributed by atoms with Crippen molar-refractivity contribution in [2.75, 3.05) is 5.73 Å². The summed E-state index contributed by atoms with van der Waals surface area (Å²) in [5, 5.41) is 4.85. The van der Waals surface area contributed by atoms with Crippen molar-refractivity contribution in [2.45, 2.75) is 69.1 Å². The summed E-state index contributed by atoms with van der Waals surface area (Å²) in [7, 11) is -1.43. The molecule has 3 heterocycles. The standard InChI is InChI=1S/C17H26N6SSi/c1-25(2,3)13-9-12(21-11-7-5-4-6-8-11)23-16-14(22-17(23)24-13)15(18)19-10-20-16/h9-12,21H,4-8H2,1-3H3,(H2,18,19,20). The molecule has 1 aliphatic carbocycles. The zero-order valence-electron chi connectivity index (χ0n) is 15.1. The maximum atomic E-state index is 6.05. The van der Waals surface area contributed by atoms with Crippen molar-refractivity contribution in [3.8, 4) is 0 Å². The number of nitrogens with zero attached hydrogens (tertiary/aromatic N) is 4. The van der Waals surface area contributed by atoms with E-state index in [9.17, 15) is 0 Å². The van der Waals surface area contributed by atoms with Crippen LogP contribution in [0.15, 0.2) is 22.1 Å². The molecule has 1 fully saturated rings. The van der Waals surface area contributed by atoms with Gasteiger partial charge in [0.1, 0.15) is 12.5 Å². The molecule has 0 spiro atoms. The first kappa shape index (κ1) is 17.1. The van der Waals surface area contributed by atoms with Crippen LogP contribution in [0, 0.1) is 0 Å². The van der Waals surface area contributed by atoms with E-state index < -0.39 is 8.07 Å². The fraction of sp³-hybridized carbons (Fsp3) is 0.588. The van der Waals surface area contributed by atoms with Crippen LogP contribution in [-0.4, -0.2) is 33.6 Å². The molecule has 1 aliphatic heterocycles. The number of nitrogens with two attached hydrogens (primary N) is 1. The lowest BCUT2D eigenvalue weighted by atomic mass is 9.95. The Bertz CT molecular complexity index is 818. The molecule has 4 rings (SSSR count). The number of thioether (sulfide) groups is 1. The number of fused-ring (bicyclic) bond motifs is 3. The Morgan fingerprint density at radius 1 is 1.20 bits per heavy atom. The number of hydrogen-bond donors (Lipinski definition) is 2. The van der Waals surface area contributed by atoms with Crippen molar-refractivity contribution in [2.24, 2.45) is 0 Å². The number of aromatic nitrogens is 4. The highest BCUT2D eigenvalue weighted by Crippen LogP contribution is 2.41. The summed E-state index contributed by atoms with van der Waals surface area (Å²) in [6.07, 6.45) is 10.5. The van der Waals surface area contributed by atoms with E-state index in [2.05, 4.69) is 45.6 Å². The number of rotatable bonds is 3. The van der Waals surface area contributed by atoms with Crippen molar-refractivity contribution >= 4 is 36.8 Å². The predicted molar refractivity (Wildman–Crippen MR) is 106 cm³/mol. The molecule has 0 amide bonds. The van der Waals surface area contributed by atoms with Gasteiger partial charge in [0, 0.05) is 6.04 Å². The molecule has 0 aromatic carbocycles. The van der Waals surface area contributed by atoms with Crippen LogP contribution in [0.3, 0.4) is 0 Å². The van der Waals surface area contributed by atoms with Gasteiger partial charge in [0.25, 0.3) is 0 Å². The fourth-order valence-corrected chi connectivity index (χ4v) is 6.60. The number of hydrogen-bond acceptors (Lipinski definition) is 6. The lowest BCUT2D eigenvalue weighted by Crippen LogP contribution is -2.39. The van der Waals surface area contributed by atoms with Gasteiger partial charge in [-0.15, -0.1) is 0 Å². The van der Waals surface area contributed by atoms with Crippen LogP contribution >= 0.6 is 11.8 Å². The number of anilines is 1. The van der Waals surface area contributed by atoms with Gasteiger partial charge in [-0.2, -0.15) is 0 Å². The summed E-state index contributed by atoms with van der Waals surface area (Å²) in [6.45, 7) is 7.15. The highest BCUT2D eigenvalue weighted by molar-refractivity contribution is 8.05. The summed E-state index contributed by atoms with van der Waals surface area (Å²) >= 11 is 1.78. The van der Waals surface area contributed by atoms with Crippen molar-refractivity contribution in [1.82, 2.24) is 24.8 Å². The minimum absolute atomic E-state index is 0.0976. The van der Waals surface area contributed by atoms with Gasteiger partial charge in [-0.3, -0.25) is 9.88 Å². The average Bonchev–Trinajstić information content (AvgIpc) is 2.95. The van der Waals surface area contributed by atoms with Gasteiger partial charge >= 0.3 is 0 Å². The second-order valence-electron chi connectivity index (χ2n) is 8.02.